The average molecular weight is 217 g/mol. The number of pyridine rings is 1. The summed E-state index contributed by atoms with van der Waals surface area (Å²) in [4.78, 5) is 15.1. The van der Waals surface area contributed by atoms with Crippen LogP contribution < -0.4 is 0 Å². The van der Waals surface area contributed by atoms with E-state index in [0.29, 0.717) is 12.3 Å². The van der Waals surface area contributed by atoms with Crippen LogP contribution in [0.5, 0.6) is 0 Å². The summed E-state index contributed by atoms with van der Waals surface area (Å²) in [7, 11) is 0. The van der Waals surface area contributed by atoms with Crippen molar-refractivity contribution in [3.63, 3.8) is 0 Å². The molecule has 0 fully saturated rings. The largest absolute Gasteiger partial charge is 0.463 e. The SMILES string of the molecule is CCOC(=O)C=Cc1n[nH]c2cnccc12. The first-order valence-corrected chi connectivity index (χ1v) is 4.94. The summed E-state index contributed by atoms with van der Waals surface area (Å²) in [5.74, 6) is -0.368. The zero-order valence-corrected chi connectivity index (χ0v) is 8.80. The first kappa shape index (κ1) is 10.4. The van der Waals surface area contributed by atoms with Gasteiger partial charge in [0.15, 0.2) is 0 Å². The Hall–Kier alpha value is -2.17. The van der Waals surface area contributed by atoms with Crippen molar-refractivity contribution < 1.29 is 9.53 Å². The van der Waals surface area contributed by atoms with Crippen LogP contribution in [0.25, 0.3) is 17.0 Å². The smallest absolute Gasteiger partial charge is 0.330 e. The van der Waals surface area contributed by atoms with E-state index in [1.54, 1.807) is 25.4 Å². The van der Waals surface area contributed by atoms with E-state index in [1.165, 1.54) is 6.08 Å². The topological polar surface area (TPSA) is 67.9 Å². The molecule has 0 amide bonds. The lowest BCUT2D eigenvalue weighted by Gasteiger charge is -1.93. The van der Waals surface area contributed by atoms with Crippen molar-refractivity contribution >= 4 is 22.9 Å². The Morgan fingerprint density at radius 2 is 2.50 bits per heavy atom. The molecule has 0 aliphatic carbocycles. The Morgan fingerprint density at radius 3 is 3.31 bits per heavy atom. The number of H-pyrrole nitrogens is 1. The van der Waals surface area contributed by atoms with Crippen LogP contribution in [-0.2, 0) is 9.53 Å². The molecule has 5 nitrogen and oxygen atoms in total. The van der Waals surface area contributed by atoms with Crippen LogP contribution in [-0.4, -0.2) is 27.8 Å². The van der Waals surface area contributed by atoms with Crippen LogP contribution in [0.3, 0.4) is 0 Å². The van der Waals surface area contributed by atoms with Gasteiger partial charge in [0.2, 0.25) is 0 Å². The predicted molar refractivity (Wildman–Crippen MR) is 59.6 cm³/mol. The summed E-state index contributed by atoms with van der Waals surface area (Å²) in [6.45, 7) is 2.13. The first-order chi connectivity index (χ1) is 7.81. The number of rotatable bonds is 3. The second-order valence-corrected chi connectivity index (χ2v) is 3.12. The van der Waals surface area contributed by atoms with Gasteiger partial charge in [-0.1, -0.05) is 0 Å². The van der Waals surface area contributed by atoms with Crippen molar-refractivity contribution in [1.82, 2.24) is 15.2 Å². The lowest BCUT2D eigenvalue weighted by atomic mass is 10.2. The van der Waals surface area contributed by atoms with E-state index in [4.69, 9.17) is 4.74 Å². The predicted octanol–water partition coefficient (Wildman–Crippen LogP) is 1.53. The van der Waals surface area contributed by atoms with Crippen molar-refractivity contribution in [2.24, 2.45) is 0 Å². The zero-order chi connectivity index (χ0) is 11.4. The molecular formula is C11H11N3O2. The van der Waals surface area contributed by atoms with Crippen molar-refractivity contribution in [3.8, 4) is 0 Å². The van der Waals surface area contributed by atoms with Gasteiger partial charge < -0.3 is 4.74 Å². The number of carbonyl (C=O) groups excluding carboxylic acids is 1. The molecule has 1 N–H and O–H groups in total. The fourth-order valence-corrected chi connectivity index (χ4v) is 1.35. The highest BCUT2D eigenvalue weighted by atomic mass is 16.5. The minimum Gasteiger partial charge on any atom is -0.463 e. The number of fused-ring (bicyclic) bond motifs is 1. The number of ether oxygens (including phenoxy) is 1. The van der Waals surface area contributed by atoms with E-state index in [2.05, 4.69) is 15.2 Å². The van der Waals surface area contributed by atoms with Gasteiger partial charge in [0, 0.05) is 17.7 Å². The van der Waals surface area contributed by atoms with Crippen molar-refractivity contribution in [2.45, 2.75) is 6.92 Å². The third-order valence-electron chi connectivity index (χ3n) is 2.06. The molecule has 0 aromatic carbocycles. The highest BCUT2D eigenvalue weighted by Crippen LogP contribution is 2.14. The van der Waals surface area contributed by atoms with Crippen LogP contribution in [0.2, 0.25) is 0 Å². The lowest BCUT2D eigenvalue weighted by Crippen LogP contribution is -1.98. The van der Waals surface area contributed by atoms with Gasteiger partial charge in [0.25, 0.3) is 0 Å². The summed E-state index contributed by atoms with van der Waals surface area (Å²) in [5.41, 5.74) is 1.54. The minimum absolute atomic E-state index is 0.368. The van der Waals surface area contributed by atoms with Gasteiger partial charge in [-0.05, 0) is 19.1 Å². The first-order valence-electron chi connectivity index (χ1n) is 4.94. The van der Waals surface area contributed by atoms with Gasteiger partial charge in [0.05, 0.1) is 24.0 Å². The third kappa shape index (κ3) is 2.08. The van der Waals surface area contributed by atoms with Crippen LogP contribution in [0.15, 0.2) is 24.5 Å². The van der Waals surface area contributed by atoms with E-state index in [1.807, 2.05) is 6.07 Å². The number of hydrogen-bond donors (Lipinski definition) is 1. The van der Waals surface area contributed by atoms with Crippen molar-refractivity contribution in [1.29, 1.82) is 0 Å². The van der Waals surface area contributed by atoms with E-state index < -0.39 is 0 Å². The molecule has 0 atom stereocenters. The lowest BCUT2D eigenvalue weighted by molar-refractivity contribution is -0.137. The maximum atomic E-state index is 11.1. The fourth-order valence-electron chi connectivity index (χ4n) is 1.35. The number of nitrogens with one attached hydrogen (secondary N) is 1. The van der Waals surface area contributed by atoms with Crippen LogP contribution in [0.4, 0.5) is 0 Å². The number of hydrogen-bond acceptors (Lipinski definition) is 4. The second kappa shape index (κ2) is 4.57. The maximum Gasteiger partial charge on any atom is 0.330 e. The molecule has 0 radical (unpaired) electrons. The van der Waals surface area contributed by atoms with Gasteiger partial charge in [-0.25, -0.2) is 4.79 Å². The molecule has 0 saturated heterocycles. The van der Waals surface area contributed by atoms with Crippen molar-refractivity contribution in [3.05, 3.63) is 30.2 Å². The van der Waals surface area contributed by atoms with Crippen LogP contribution >= 0.6 is 0 Å². The summed E-state index contributed by atoms with van der Waals surface area (Å²) in [6, 6.07) is 1.84. The van der Waals surface area contributed by atoms with Gasteiger partial charge in [-0.2, -0.15) is 5.10 Å². The summed E-state index contributed by atoms with van der Waals surface area (Å²) in [5, 5.41) is 7.82. The maximum absolute atomic E-state index is 11.1. The molecule has 2 aromatic heterocycles. The molecule has 0 bridgehead atoms. The molecule has 0 spiro atoms. The Labute approximate surface area is 92.1 Å². The molecule has 0 aliphatic rings. The average Bonchev–Trinajstić information content (AvgIpc) is 2.70. The molecule has 5 heteroatoms. The van der Waals surface area contributed by atoms with Gasteiger partial charge in [-0.15, -0.1) is 0 Å². The van der Waals surface area contributed by atoms with Gasteiger partial charge in [0.1, 0.15) is 0 Å². The Balaban J connectivity index is 2.24. The number of nitrogens with zero attached hydrogens (tertiary/aromatic N) is 2. The van der Waals surface area contributed by atoms with Gasteiger partial charge >= 0.3 is 5.97 Å². The van der Waals surface area contributed by atoms with E-state index >= 15 is 0 Å². The van der Waals surface area contributed by atoms with Crippen molar-refractivity contribution in [2.75, 3.05) is 6.61 Å². The Bertz CT molecular complexity index is 531. The van der Waals surface area contributed by atoms with E-state index in [9.17, 15) is 4.79 Å². The molecule has 16 heavy (non-hydrogen) atoms. The zero-order valence-electron chi connectivity index (χ0n) is 8.80. The summed E-state index contributed by atoms with van der Waals surface area (Å²) in [6.07, 6.45) is 6.35. The fraction of sp³-hybridized carbons (Fsp3) is 0.182. The Morgan fingerprint density at radius 1 is 1.62 bits per heavy atom. The van der Waals surface area contributed by atoms with Crippen LogP contribution in [0.1, 0.15) is 12.6 Å². The minimum atomic E-state index is -0.368. The highest BCUT2D eigenvalue weighted by Gasteiger charge is 2.02. The normalized spacial score (nSPS) is 11.1. The summed E-state index contributed by atoms with van der Waals surface area (Å²) >= 11 is 0. The van der Waals surface area contributed by atoms with Gasteiger partial charge in [-0.3, -0.25) is 10.1 Å². The van der Waals surface area contributed by atoms with E-state index in [0.717, 1.165) is 10.9 Å². The number of aromatic amines is 1. The molecular weight excluding hydrogens is 206 g/mol. The number of carbonyl (C=O) groups is 1. The molecule has 0 saturated carbocycles. The highest BCUT2D eigenvalue weighted by molar-refractivity contribution is 5.92. The molecule has 0 aliphatic heterocycles. The number of aromatic nitrogens is 3. The standard InChI is InChI=1S/C11H11N3O2/c1-2-16-11(15)4-3-9-8-5-6-12-7-10(8)14-13-9/h3-7H,2H2,1H3,(H,13,14). The molecule has 0 unspecified atom stereocenters. The monoisotopic (exact) mass is 217 g/mol. The summed E-state index contributed by atoms with van der Waals surface area (Å²) < 4.78 is 4.78. The Kier molecular flexibility index (Phi) is 2.95. The number of esters is 1. The van der Waals surface area contributed by atoms with E-state index in [-0.39, 0.29) is 5.97 Å². The molecule has 2 aromatic rings. The second-order valence-electron chi connectivity index (χ2n) is 3.12. The molecule has 2 heterocycles. The molecule has 82 valence electrons. The quantitative estimate of drug-likeness (QED) is 0.625. The molecule has 2 rings (SSSR count). The third-order valence-corrected chi connectivity index (χ3v) is 2.06. The van der Waals surface area contributed by atoms with Crippen LogP contribution in [0, 0.1) is 0 Å².